The summed E-state index contributed by atoms with van der Waals surface area (Å²) in [6.45, 7) is 3.31. The molecule has 4 rings (SSSR count). The maximum Gasteiger partial charge on any atom is 0.253 e. The summed E-state index contributed by atoms with van der Waals surface area (Å²) >= 11 is 1.58. The highest BCUT2D eigenvalue weighted by atomic mass is 32.2. The Kier molecular flexibility index (Phi) is 6.94. The van der Waals surface area contributed by atoms with Crippen molar-refractivity contribution in [2.24, 2.45) is 0 Å². The zero-order valence-electron chi connectivity index (χ0n) is 18.6. The van der Waals surface area contributed by atoms with Crippen molar-refractivity contribution in [3.8, 4) is 10.4 Å². The Morgan fingerprint density at radius 1 is 1.00 bits per heavy atom. The van der Waals surface area contributed by atoms with Crippen LogP contribution in [0.5, 0.6) is 0 Å². The fraction of sp³-hybridized carbons (Fsp3) is 0.292. The minimum Gasteiger partial charge on any atom is -0.336 e. The zero-order valence-corrected chi connectivity index (χ0v) is 20.2. The van der Waals surface area contributed by atoms with Gasteiger partial charge in [0.15, 0.2) is 0 Å². The van der Waals surface area contributed by atoms with Gasteiger partial charge in [0, 0.05) is 67.7 Å². The van der Waals surface area contributed by atoms with Crippen LogP contribution in [-0.2, 0) is 16.6 Å². The van der Waals surface area contributed by atoms with Crippen LogP contribution < -0.4 is 0 Å². The average Bonchev–Trinajstić information content (AvgIpc) is 3.27. The largest absolute Gasteiger partial charge is 0.336 e. The fourth-order valence-electron chi connectivity index (χ4n) is 3.78. The van der Waals surface area contributed by atoms with E-state index in [9.17, 15) is 17.6 Å². The quantitative estimate of drug-likeness (QED) is 0.531. The Labute approximate surface area is 197 Å². The molecule has 1 fully saturated rings. The van der Waals surface area contributed by atoms with Crippen molar-refractivity contribution in [1.82, 2.24) is 14.1 Å². The van der Waals surface area contributed by atoms with Crippen molar-refractivity contribution in [3.05, 3.63) is 76.9 Å². The SMILES string of the molecule is CN(C)S(=O)(=O)c1cccc(C(=O)N2CCN(Cc3ccc(-c4ccccc4F)s3)CC2)c1. The van der Waals surface area contributed by atoms with E-state index in [-0.39, 0.29) is 16.6 Å². The summed E-state index contributed by atoms with van der Waals surface area (Å²) < 4.78 is 40.0. The van der Waals surface area contributed by atoms with E-state index >= 15 is 0 Å². The number of halogens is 1. The summed E-state index contributed by atoms with van der Waals surface area (Å²) in [5.41, 5.74) is 0.988. The average molecular weight is 488 g/mol. The Balaban J connectivity index is 1.37. The molecule has 3 aromatic rings. The number of nitrogens with zero attached hydrogens (tertiary/aromatic N) is 3. The van der Waals surface area contributed by atoms with Crippen LogP contribution in [0.3, 0.4) is 0 Å². The van der Waals surface area contributed by atoms with Crippen LogP contribution in [0, 0.1) is 5.82 Å². The van der Waals surface area contributed by atoms with Gasteiger partial charge in [-0.2, -0.15) is 0 Å². The molecule has 1 aliphatic rings. The van der Waals surface area contributed by atoms with E-state index < -0.39 is 10.0 Å². The zero-order chi connectivity index (χ0) is 23.6. The minimum atomic E-state index is -3.60. The van der Waals surface area contributed by atoms with Crippen LogP contribution in [-0.4, -0.2) is 68.7 Å². The van der Waals surface area contributed by atoms with Crippen LogP contribution in [0.4, 0.5) is 4.39 Å². The molecule has 33 heavy (non-hydrogen) atoms. The number of hydrogen-bond acceptors (Lipinski definition) is 5. The van der Waals surface area contributed by atoms with Crippen molar-refractivity contribution in [3.63, 3.8) is 0 Å². The van der Waals surface area contributed by atoms with Gasteiger partial charge in [0.05, 0.1) is 4.90 Å². The highest BCUT2D eigenvalue weighted by Gasteiger charge is 2.24. The summed E-state index contributed by atoms with van der Waals surface area (Å²) in [6, 6.07) is 17.0. The number of thiophene rings is 1. The maximum absolute atomic E-state index is 14.1. The Bertz CT molecular complexity index is 1250. The number of piperazine rings is 1. The number of carbonyl (C=O) groups excluding carboxylic acids is 1. The molecule has 0 spiro atoms. The lowest BCUT2D eigenvalue weighted by atomic mass is 10.2. The van der Waals surface area contributed by atoms with Crippen LogP contribution in [0.1, 0.15) is 15.2 Å². The number of benzene rings is 2. The lowest BCUT2D eigenvalue weighted by Gasteiger charge is -2.34. The van der Waals surface area contributed by atoms with Crippen LogP contribution in [0.2, 0.25) is 0 Å². The molecule has 2 aromatic carbocycles. The molecule has 0 atom stereocenters. The Hall–Kier alpha value is -2.59. The number of amides is 1. The van der Waals surface area contributed by atoms with E-state index in [1.54, 1.807) is 40.5 Å². The molecule has 0 bridgehead atoms. The summed E-state index contributed by atoms with van der Waals surface area (Å²) in [5, 5.41) is 0. The molecule has 0 radical (unpaired) electrons. The molecule has 0 N–H and O–H groups in total. The first-order valence-electron chi connectivity index (χ1n) is 10.6. The van der Waals surface area contributed by atoms with Gasteiger partial charge >= 0.3 is 0 Å². The summed E-state index contributed by atoms with van der Waals surface area (Å²) in [4.78, 5) is 19.2. The van der Waals surface area contributed by atoms with Crippen LogP contribution in [0.25, 0.3) is 10.4 Å². The van der Waals surface area contributed by atoms with Crippen LogP contribution in [0.15, 0.2) is 65.6 Å². The van der Waals surface area contributed by atoms with E-state index in [0.717, 1.165) is 20.6 Å². The topological polar surface area (TPSA) is 60.9 Å². The van der Waals surface area contributed by atoms with E-state index in [2.05, 4.69) is 4.90 Å². The second-order valence-electron chi connectivity index (χ2n) is 8.13. The third-order valence-corrected chi connectivity index (χ3v) is 8.61. The van der Waals surface area contributed by atoms with Gasteiger partial charge in [-0.05, 0) is 36.4 Å². The minimum absolute atomic E-state index is 0.111. The number of hydrogen-bond donors (Lipinski definition) is 0. The van der Waals surface area contributed by atoms with Gasteiger partial charge in [-0.1, -0.05) is 24.3 Å². The first kappa shape index (κ1) is 23.6. The third kappa shape index (κ3) is 5.16. The molecule has 1 aromatic heterocycles. The molecule has 0 saturated carbocycles. The molecule has 0 unspecified atom stereocenters. The fourth-order valence-corrected chi connectivity index (χ4v) is 5.81. The maximum atomic E-state index is 14.1. The molecule has 174 valence electrons. The normalized spacial score (nSPS) is 15.2. The van der Waals surface area contributed by atoms with E-state index in [1.807, 2.05) is 18.2 Å². The van der Waals surface area contributed by atoms with Crippen LogP contribution >= 0.6 is 11.3 Å². The van der Waals surface area contributed by atoms with Gasteiger partial charge in [-0.15, -0.1) is 11.3 Å². The van der Waals surface area contributed by atoms with Gasteiger partial charge in [-0.3, -0.25) is 9.69 Å². The monoisotopic (exact) mass is 487 g/mol. The summed E-state index contributed by atoms with van der Waals surface area (Å²) in [5.74, 6) is -0.385. The van der Waals surface area contributed by atoms with Crippen molar-refractivity contribution < 1.29 is 17.6 Å². The highest BCUT2D eigenvalue weighted by Crippen LogP contribution is 2.30. The van der Waals surface area contributed by atoms with Gasteiger partial charge in [0.2, 0.25) is 10.0 Å². The smallest absolute Gasteiger partial charge is 0.253 e. The van der Waals surface area contributed by atoms with E-state index in [0.29, 0.717) is 37.3 Å². The number of carbonyl (C=O) groups is 1. The van der Waals surface area contributed by atoms with Crippen molar-refractivity contribution >= 4 is 27.3 Å². The van der Waals surface area contributed by atoms with Crippen molar-refractivity contribution in [1.29, 1.82) is 0 Å². The highest BCUT2D eigenvalue weighted by molar-refractivity contribution is 7.89. The standard InChI is InChI=1S/C24H26FN3O3S2/c1-26(2)33(30,31)20-7-5-6-18(16-20)24(29)28-14-12-27(13-15-28)17-19-10-11-23(32-19)21-8-3-4-9-22(21)25/h3-11,16H,12-15,17H2,1-2H3. The second kappa shape index (κ2) is 9.72. The van der Waals surface area contributed by atoms with E-state index in [4.69, 9.17) is 0 Å². The number of sulfonamides is 1. The molecule has 6 nitrogen and oxygen atoms in total. The van der Waals surface area contributed by atoms with E-state index in [1.165, 1.54) is 32.3 Å². The molecular formula is C24H26FN3O3S2. The molecular weight excluding hydrogens is 461 g/mol. The predicted octanol–water partition coefficient (Wildman–Crippen LogP) is 3.76. The van der Waals surface area contributed by atoms with Gasteiger partial charge in [0.25, 0.3) is 5.91 Å². The van der Waals surface area contributed by atoms with Gasteiger partial charge in [-0.25, -0.2) is 17.1 Å². The summed E-state index contributed by atoms with van der Waals surface area (Å²) in [7, 11) is -0.659. The third-order valence-electron chi connectivity index (χ3n) is 5.70. The molecule has 1 saturated heterocycles. The number of rotatable bonds is 6. The predicted molar refractivity (Wildman–Crippen MR) is 128 cm³/mol. The second-order valence-corrected chi connectivity index (χ2v) is 11.4. The van der Waals surface area contributed by atoms with Crippen molar-refractivity contribution in [2.45, 2.75) is 11.4 Å². The first-order chi connectivity index (χ1) is 15.8. The Morgan fingerprint density at radius 2 is 1.73 bits per heavy atom. The lowest BCUT2D eigenvalue weighted by Crippen LogP contribution is -2.48. The molecule has 9 heteroatoms. The molecule has 0 aliphatic carbocycles. The van der Waals surface area contributed by atoms with Gasteiger partial charge in [0.1, 0.15) is 5.82 Å². The molecule has 1 aliphatic heterocycles. The summed E-state index contributed by atoms with van der Waals surface area (Å²) in [6.07, 6.45) is 0. The van der Waals surface area contributed by atoms with Crippen molar-refractivity contribution in [2.75, 3.05) is 40.3 Å². The Morgan fingerprint density at radius 3 is 2.42 bits per heavy atom. The molecule has 1 amide bonds. The molecule has 2 heterocycles. The van der Waals surface area contributed by atoms with Gasteiger partial charge < -0.3 is 4.90 Å². The lowest BCUT2D eigenvalue weighted by molar-refractivity contribution is 0.0629. The first-order valence-corrected chi connectivity index (χ1v) is 12.9.